The Morgan fingerprint density at radius 3 is 2.82 bits per heavy atom. The number of nitrogens with one attached hydrogen (secondary N) is 1. The van der Waals surface area contributed by atoms with Crippen LogP contribution in [-0.4, -0.2) is 16.5 Å². The predicted octanol–water partition coefficient (Wildman–Crippen LogP) is 3.27. The van der Waals surface area contributed by atoms with Crippen LogP contribution in [0.4, 0.5) is 5.95 Å². The lowest BCUT2D eigenvalue weighted by molar-refractivity contribution is 0.527. The molecular weight excluding hydrogens is 234 g/mol. The summed E-state index contributed by atoms with van der Waals surface area (Å²) in [6, 6.07) is 3.92. The number of aryl methyl sites for hydroxylation is 2. The van der Waals surface area contributed by atoms with Gasteiger partial charge in [0, 0.05) is 12.2 Å². The zero-order valence-corrected chi connectivity index (χ0v) is 11.0. The Hall–Kier alpha value is -1.49. The predicted molar refractivity (Wildman–Crippen MR) is 68.5 cm³/mol. The van der Waals surface area contributed by atoms with Gasteiger partial charge in [-0.1, -0.05) is 11.8 Å². The van der Waals surface area contributed by atoms with Crippen LogP contribution in [0.5, 0.6) is 0 Å². The lowest BCUT2D eigenvalue weighted by Crippen LogP contribution is -2.03. The molecule has 0 radical (unpaired) electrons. The molecule has 0 unspecified atom stereocenters. The maximum absolute atomic E-state index is 5.26. The number of hydrogen-bond acceptors (Lipinski definition) is 5. The fourth-order valence-electron chi connectivity index (χ4n) is 1.42. The van der Waals surface area contributed by atoms with E-state index >= 15 is 0 Å². The third-order valence-electron chi connectivity index (χ3n) is 2.19. The van der Waals surface area contributed by atoms with E-state index in [0.29, 0.717) is 5.95 Å². The van der Waals surface area contributed by atoms with Gasteiger partial charge in [-0.25, -0.2) is 9.97 Å². The summed E-state index contributed by atoms with van der Waals surface area (Å²) in [6.07, 6.45) is 1.69. The first-order valence-corrected chi connectivity index (χ1v) is 6.32. The van der Waals surface area contributed by atoms with Crippen LogP contribution >= 0.6 is 11.8 Å². The van der Waals surface area contributed by atoms with Crippen molar-refractivity contribution in [2.24, 2.45) is 0 Å². The van der Waals surface area contributed by atoms with Crippen molar-refractivity contribution in [2.45, 2.75) is 30.7 Å². The molecule has 0 fully saturated rings. The van der Waals surface area contributed by atoms with Crippen LogP contribution in [0.25, 0.3) is 0 Å². The van der Waals surface area contributed by atoms with E-state index in [0.717, 1.165) is 27.9 Å². The smallest absolute Gasteiger partial charge is 0.223 e. The van der Waals surface area contributed by atoms with Gasteiger partial charge >= 0.3 is 0 Å². The molecule has 0 aliphatic carbocycles. The van der Waals surface area contributed by atoms with Crippen LogP contribution in [0.2, 0.25) is 0 Å². The molecule has 0 aromatic carbocycles. The van der Waals surface area contributed by atoms with Gasteiger partial charge in [0.25, 0.3) is 0 Å². The maximum atomic E-state index is 5.26. The molecule has 0 amide bonds. The Balaban J connectivity index is 2.23. The van der Waals surface area contributed by atoms with Crippen LogP contribution in [0.3, 0.4) is 0 Å². The second-order valence-corrected chi connectivity index (χ2v) is 4.71. The molecule has 0 saturated carbocycles. The molecule has 0 saturated heterocycles. The summed E-state index contributed by atoms with van der Waals surface area (Å²) in [5.41, 5.74) is 0.958. The first kappa shape index (κ1) is 12.0. The van der Waals surface area contributed by atoms with Gasteiger partial charge in [-0.05, 0) is 32.9 Å². The van der Waals surface area contributed by atoms with E-state index in [2.05, 4.69) is 15.3 Å². The number of hydrogen-bond donors (Lipinski definition) is 1. The number of rotatable bonds is 4. The zero-order valence-electron chi connectivity index (χ0n) is 10.2. The Bertz CT molecular complexity index is 510. The average Bonchev–Trinajstić information content (AvgIpc) is 2.64. The Kier molecular flexibility index (Phi) is 3.68. The van der Waals surface area contributed by atoms with E-state index in [-0.39, 0.29) is 0 Å². The SMILES string of the molecule is CCNc1nc(C)cc(Sc2ccoc2C)n1. The lowest BCUT2D eigenvalue weighted by Gasteiger charge is -2.05. The molecule has 0 atom stereocenters. The minimum absolute atomic E-state index is 0.677. The number of furan rings is 1. The molecule has 0 aliphatic rings. The topological polar surface area (TPSA) is 51.0 Å². The number of nitrogens with zero attached hydrogens (tertiary/aromatic N) is 2. The van der Waals surface area contributed by atoms with Crippen LogP contribution in [-0.2, 0) is 0 Å². The minimum Gasteiger partial charge on any atom is -0.468 e. The van der Waals surface area contributed by atoms with Gasteiger partial charge in [0.05, 0.1) is 11.2 Å². The molecule has 2 aromatic rings. The van der Waals surface area contributed by atoms with Crippen LogP contribution in [0.15, 0.2) is 32.7 Å². The summed E-state index contributed by atoms with van der Waals surface area (Å²) in [7, 11) is 0. The molecular formula is C12H15N3OS. The van der Waals surface area contributed by atoms with E-state index in [9.17, 15) is 0 Å². The highest BCUT2D eigenvalue weighted by molar-refractivity contribution is 7.99. The van der Waals surface area contributed by atoms with Crippen molar-refractivity contribution in [1.82, 2.24) is 9.97 Å². The maximum Gasteiger partial charge on any atom is 0.223 e. The largest absolute Gasteiger partial charge is 0.468 e. The summed E-state index contributed by atoms with van der Waals surface area (Å²) < 4.78 is 5.26. The van der Waals surface area contributed by atoms with Gasteiger partial charge in [0.15, 0.2) is 0 Å². The Labute approximate surface area is 105 Å². The minimum atomic E-state index is 0.677. The fourth-order valence-corrected chi connectivity index (χ4v) is 2.32. The molecule has 2 rings (SSSR count). The van der Waals surface area contributed by atoms with Crippen molar-refractivity contribution in [3.05, 3.63) is 29.9 Å². The molecule has 5 heteroatoms. The summed E-state index contributed by atoms with van der Waals surface area (Å²) in [5, 5.41) is 4.05. The summed E-state index contributed by atoms with van der Waals surface area (Å²) in [5.74, 6) is 1.59. The zero-order chi connectivity index (χ0) is 12.3. The molecule has 17 heavy (non-hydrogen) atoms. The molecule has 2 aromatic heterocycles. The van der Waals surface area contributed by atoms with Gasteiger partial charge in [0.1, 0.15) is 10.8 Å². The highest BCUT2D eigenvalue weighted by Gasteiger charge is 2.07. The van der Waals surface area contributed by atoms with Gasteiger partial charge in [-0.3, -0.25) is 0 Å². The van der Waals surface area contributed by atoms with E-state index in [1.54, 1.807) is 18.0 Å². The third kappa shape index (κ3) is 3.00. The van der Waals surface area contributed by atoms with Crippen molar-refractivity contribution in [1.29, 1.82) is 0 Å². The van der Waals surface area contributed by atoms with Crippen LogP contribution < -0.4 is 5.32 Å². The molecule has 0 spiro atoms. The first-order chi connectivity index (χ1) is 8.19. The van der Waals surface area contributed by atoms with E-state index in [4.69, 9.17) is 4.42 Å². The van der Waals surface area contributed by atoms with Crippen molar-refractivity contribution in [2.75, 3.05) is 11.9 Å². The van der Waals surface area contributed by atoms with E-state index < -0.39 is 0 Å². The van der Waals surface area contributed by atoms with Gasteiger partial charge in [-0.2, -0.15) is 0 Å². The van der Waals surface area contributed by atoms with Crippen molar-refractivity contribution < 1.29 is 4.42 Å². The second-order valence-electron chi connectivity index (χ2n) is 3.64. The van der Waals surface area contributed by atoms with Gasteiger partial charge in [0.2, 0.25) is 5.95 Å². The number of aromatic nitrogens is 2. The quantitative estimate of drug-likeness (QED) is 0.843. The Morgan fingerprint density at radius 1 is 1.35 bits per heavy atom. The normalized spacial score (nSPS) is 10.5. The Morgan fingerprint density at radius 2 is 2.18 bits per heavy atom. The summed E-state index contributed by atoms with van der Waals surface area (Å²) in [6.45, 7) is 6.76. The molecule has 0 aliphatic heterocycles. The molecule has 0 bridgehead atoms. The summed E-state index contributed by atoms with van der Waals surface area (Å²) >= 11 is 1.59. The molecule has 90 valence electrons. The van der Waals surface area contributed by atoms with Crippen molar-refractivity contribution in [3.63, 3.8) is 0 Å². The highest BCUT2D eigenvalue weighted by atomic mass is 32.2. The molecule has 4 nitrogen and oxygen atoms in total. The number of anilines is 1. The molecule has 1 N–H and O–H groups in total. The fraction of sp³-hybridized carbons (Fsp3) is 0.333. The van der Waals surface area contributed by atoms with Gasteiger partial charge in [-0.15, -0.1) is 0 Å². The summed E-state index contributed by atoms with van der Waals surface area (Å²) in [4.78, 5) is 9.84. The standard InChI is InChI=1S/C12H15N3OS/c1-4-13-12-14-8(2)7-11(15-12)17-10-5-6-16-9(10)3/h5-7H,4H2,1-3H3,(H,13,14,15). The average molecular weight is 249 g/mol. The van der Waals surface area contributed by atoms with Crippen molar-refractivity contribution >= 4 is 17.7 Å². The van der Waals surface area contributed by atoms with E-state index in [1.807, 2.05) is 32.9 Å². The van der Waals surface area contributed by atoms with Crippen LogP contribution in [0, 0.1) is 13.8 Å². The first-order valence-electron chi connectivity index (χ1n) is 5.50. The third-order valence-corrected chi connectivity index (χ3v) is 3.25. The highest BCUT2D eigenvalue weighted by Crippen LogP contribution is 2.30. The van der Waals surface area contributed by atoms with Crippen LogP contribution in [0.1, 0.15) is 18.4 Å². The van der Waals surface area contributed by atoms with Gasteiger partial charge < -0.3 is 9.73 Å². The van der Waals surface area contributed by atoms with E-state index in [1.165, 1.54) is 0 Å². The monoisotopic (exact) mass is 249 g/mol. The lowest BCUT2D eigenvalue weighted by atomic mass is 10.4. The van der Waals surface area contributed by atoms with Crippen molar-refractivity contribution in [3.8, 4) is 0 Å². The second kappa shape index (κ2) is 5.23. The molecule has 2 heterocycles.